The first kappa shape index (κ1) is 14.8. The molecule has 0 saturated carbocycles. The first-order valence-electron chi connectivity index (χ1n) is 7.12. The van der Waals surface area contributed by atoms with Crippen LogP contribution in [0.1, 0.15) is 50.8 Å². The van der Waals surface area contributed by atoms with Crippen LogP contribution in [-0.4, -0.2) is 27.6 Å². The summed E-state index contributed by atoms with van der Waals surface area (Å²) in [7, 11) is 0. The van der Waals surface area contributed by atoms with E-state index in [-0.39, 0.29) is 18.2 Å². The lowest BCUT2D eigenvalue weighted by Crippen LogP contribution is -2.45. The summed E-state index contributed by atoms with van der Waals surface area (Å²) in [5.41, 5.74) is 0.955. The number of carbonyl (C=O) groups is 1. The van der Waals surface area contributed by atoms with E-state index in [4.69, 9.17) is 4.74 Å². The molecular weight excluding hydrogens is 339 g/mol. The maximum atomic E-state index is 14.0. The van der Waals surface area contributed by atoms with E-state index < -0.39 is 11.5 Å². The van der Waals surface area contributed by atoms with Crippen LogP contribution >= 0.6 is 15.9 Å². The number of fused-ring (bicyclic) bond motifs is 4. The van der Waals surface area contributed by atoms with Crippen molar-refractivity contribution in [3.8, 4) is 0 Å². The van der Waals surface area contributed by atoms with E-state index >= 15 is 0 Å². The van der Waals surface area contributed by atoms with Crippen LogP contribution in [0, 0.1) is 5.95 Å². The van der Waals surface area contributed by atoms with Gasteiger partial charge in [-0.3, -0.25) is 4.90 Å². The normalized spacial score (nSPS) is 24.0. The second-order valence-corrected chi connectivity index (χ2v) is 7.48. The number of aromatic nitrogens is 1. The van der Waals surface area contributed by atoms with Gasteiger partial charge in [0.05, 0.1) is 6.04 Å². The molecule has 4 nitrogen and oxygen atoms in total. The number of pyridine rings is 1. The molecule has 2 aliphatic rings. The Kier molecular flexibility index (Phi) is 3.47. The van der Waals surface area contributed by atoms with Crippen LogP contribution in [0.3, 0.4) is 0 Å². The topological polar surface area (TPSA) is 42.4 Å². The van der Waals surface area contributed by atoms with E-state index in [1.165, 1.54) is 6.20 Å². The lowest BCUT2D eigenvalue weighted by Gasteiger charge is -2.37. The highest BCUT2D eigenvalue weighted by molar-refractivity contribution is 9.10. The molecule has 3 heterocycles. The molecule has 2 bridgehead atoms. The summed E-state index contributed by atoms with van der Waals surface area (Å²) in [6.45, 7) is 5.55. The Balaban J connectivity index is 1.97. The van der Waals surface area contributed by atoms with Gasteiger partial charge in [-0.1, -0.05) is 0 Å². The van der Waals surface area contributed by atoms with Crippen molar-refractivity contribution in [1.82, 2.24) is 9.88 Å². The highest BCUT2D eigenvalue weighted by Gasteiger charge is 2.46. The maximum absolute atomic E-state index is 14.0. The van der Waals surface area contributed by atoms with E-state index in [1.54, 1.807) is 4.90 Å². The van der Waals surface area contributed by atoms with Crippen LogP contribution in [0.25, 0.3) is 0 Å². The number of carbonyl (C=O) groups excluding carboxylic acids is 1. The summed E-state index contributed by atoms with van der Waals surface area (Å²) < 4.78 is 20.2. The van der Waals surface area contributed by atoms with Gasteiger partial charge >= 0.3 is 6.09 Å². The zero-order valence-corrected chi connectivity index (χ0v) is 13.9. The molecule has 0 aromatic carbocycles. The SMILES string of the molecule is CC(C)(C)OC(=O)N1[C@H]2CC[C@@H]1c1c(Br)cnc(F)c1C2. The van der Waals surface area contributed by atoms with Gasteiger partial charge in [0.25, 0.3) is 0 Å². The minimum absolute atomic E-state index is 0.00273. The molecule has 21 heavy (non-hydrogen) atoms. The summed E-state index contributed by atoms with van der Waals surface area (Å²) in [4.78, 5) is 18.0. The van der Waals surface area contributed by atoms with E-state index in [2.05, 4.69) is 20.9 Å². The Morgan fingerprint density at radius 2 is 2.19 bits per heavy atom. The van der Waals surface area contributed by atoms with Crippen molar-refractivity contribution in [3.05, 3.63) is 27.7 Å². The Morgan fingerprint density at radius 3 is 2.86 bits per heavy atom. The van der Waals surface area contributed by atoms with Gasteiger partial charge in [0.15, 0.2) is 0 Å². The van der Waals surface area contributed by atoms with Gasteiger partial charge in [0, 0.05) is 22.3 Å². The molecule has 0 radical (unpaired) electrons. The second kappa shape index (κ2) is 4.93. The van der Waals surface area contributed by atoms with Gasteiger partial charge in [0.1, 0.15) is 5.60 Å². The smallest absolute Gasteiger partial charge is 0.411 e. The minimum atomic E-state index is -0.530. The summed E-state index contributed by atoms with van der Waals surface area (Å²) in [5.74, 6) is -0.422. The molecule has 2 aliphatic heterocycles. The standard InChI is InChI=1S/C15H18BrFN2O2/c1-15(2,3)21-14(20)19-8-4-5-11(19)12-9(6-8)13(17)18-7-10(12)16/h7-8,11H,4-6H2,1-3H3/t8-,11+/m0/s1. The Morgan fingerprint density at radius 1 is 1.48 bits per heavy atom. The van der Waals surface area contributed by atoms with Gasteiger partial charge in [-0.15, -0.1) is 0 Å². The zero-order chi connectivity index (χ0) is 15.4. The maximum Gasteiger partial charge on any atom is 0.411 e. The summed E-state index contributed by atoms with van der Waals surface area (Å²) in [6, 6.07) is -0.122. The predicted octanol–water partition coefficient (Wildman–Crippen LogP) is 3.98. The number of hydrogen-bond acceptors (Lipinski definition) is 3. The quantitative estimate of drug-likeness (QED) is 0.660. The second-order valence-electron chi connectivity index (χ2n) is 6.63. The fraction of sp³-hybridized carbons (Fsp3) is 0.600. The summed E-state index contributed by atoms with van der Waals surface area (Å²) in [5, 5.41) is 0. The van der Waals surface area contributed by atoms with Crippen molar-refractivity contribution in [2.24, 2.45) is 0 Å². The Hall–Kier alpha value is -1.17. The van der Waals surface area contributed by atoms with E-state index in [0.717, 1.165) is 22.9 Å². The fourth-order valence-corrected chi connectivity index (χ4v) is 3.87. The molecule has 114 valence electrons. The first-order chi connectivity index (χ1) is 9.78. The van der Waals surface area contributed by atoms with Crippen molar-refractivity contribution in [3.63, 3.8) is 0 Å². The third-order valence-electron chi connectivity index (χ3n) is 4.00. The lowest BCUT2D eigenvalue weighted by molar-refractivity contribution is 0.0121. The molecule has 0 unspecified atom stereocenters. The van der Waals surface area contributed by atoms with Crippen molar-refractivity contribution < 1.29 is 13.9 Å². The Bertz CT molecular complexity index is 600. The van der Waals surface area contributed by atoms with Crippen LogP contribution in [0.4, 0.5) is 9.18 Å². The number of nitrogens with zero attached hydrogens (tertiary/aromatic N) is 2. The molecule has 2 atom stereocenters. The molecule has 0 aliphatic carbocycles. The predicted molar refractivity (Wildman–Crippen MR) is 79.4 cm³/mol. The highest BCUT2D eigenvalue weighted by Crippen LogP contribution is 2.47. The van der Waals surface area contributed by atoms with E-state index in [9.17, 15) is 9.18 Å². The molecule has 3 rings (SSSR count). The molecule has 1 amide bonds. The number of ether oxygens (including phenoxy) is 1. The van der Waals surface area contributed by atoms with Gasteiger partial charge in [-0.05, 0) is 61.5 Å². The van der Waals surface area contributed by atoms with Gasteiger partial charge < -0.3 is 4.74 Å². The van der Waals surface area contributed by atoms with Crippen LogP contribution in [0.5, 0.6) is 0 Å². The van der Waals surface area contributed by atoms with Crippen molar-refractivity contribution in [2.45, 2.75) is 57.7 Å². The van der Waals surface area contributed by atoms with Crippen molar-refractivity contribution in [2.75, 3.05) is 0 Å². The number of hydrogen-bond donors (Lipinski definition) is 0. The summed E-state index contributed by atoms with van der Waals surface area (Å²) in [6.07, 6.45) is 3.36. The van der Waals surface area contributed by atoms with E-state index in [1.807, 2.05) is 20.8 Å². The van der Waals surface area contributed by atoms with Crippen molar-refractivity contribution >= 4 is 22.0 Å². The molecule has 1 aromatic rings. The molecule has 1 aromatic heterocycles. The number of amides is 1. The third kappa shape index (κ3) is 2.54. The molecule has 6 heteroatoms. The monoisotopic (exact) mass is 356 g/mol. The van der Waals surface area contributed by atoms with Gasteiger partial charge in [-0.25, -0.2) is 9.78 Å². The van der Waals surface area contributed by atoms with Gasteiger partial charge in [0.2, 0.25) is 5.95 Å². The number of rotatable bonds is 0. The van der Waals surface area contributed by atoms with Crippen LogP contribution in [-0.2, 0) is 11.2 Å². The molecule has 0 spiro atoms. The molecule has 1 saturated heterocycles. The largest absolute Gasteiger partial charge is 0.444 e. The Labute approximate surface area is 131 Å². The molecule has 1 fully saturated rings. The lowest BCUT2D eigenvalue weighted by atomic mass is 9.95. The first-order valence-corrected chi connectivity index (χ1v) is 7.91. The van der Waals surface area contributed by atoms with Crippen LogP contribution < -0.4 is 0 Å². The van der Waals surface area contributed by atoms with Crippen molar-refractivity contribution in [1.29, 1.82) is 0 Å². The van der Waals surface area contributed by atoms with Crippen LogP contribution in [0.2, 0.25) is 0 Å². The number of halogens is 2. The van der Waals surface area contributed by atoms with Gasteiger partial charge in [-0.2, -0.15) is 4.39 Å². The molecular formula is C15H18BrFN2O2. The third-order valence-corrected chi connectivity index (χ3v) is 4.63. The average Bonchev–Trinajstić information content (AvgIpc) is 2.66. The van der Waals surface area contributed by atoms with Crippen LogP contribution in [0.15, 0.2) is 10.7 Å². The average molecular weight is 357 g/mol. The highest BCUT2D eigenvalue weighted by atomic mass is 79.9. The minimum Gasteiger partial charge on any atom is -0.444 e. The molecule has 0 N–H and O–H groups in total. The zero-order valence-electron chi connectivity index (χ0n) is 12.3. The van der Waals surface area contributed by atoms with E-state index in [0.29, 0.717) is 12.0 Å². The summed E-state index contributed by atoms with van der Waals surface area (Å²) >= 11 is 3.45. The fourth-order valence-electron chi connectivity index (χ4n) is 3.26.